The minimum absolute atomic E-state index is 0.175. The number of hydrogen-bond donors (Lipinski definition) is 2. The van der Waals surface area contributed by atoms with Crippen LogP contribution in [0.25, 0.3) is 0 Å². The third kappa shape index (κ3) is 3.57. The monoisotopic (exact) mass is 357 g/mol. The molecule has 2 N–H and O–H groups in total. The van der Waals surface area contributed by atoms with Gasteiger partial charge in [0.05, 0.1) is 19.2 Å². The molecule has 2 aliphatic heterocycles. The van der Waals surface area contributed by atoms with Crippen LogP contribution in [0.2, 0.25) is 0 Å². The van der Waals surface area contributed by atoms with Crippen molar-refractivity contribution in [2.75, 3.05) is 19.7 Å². The van der Waals surface area contributed by atoms with E-state index in [2.05, 4.69) is 0 Å². The summed E-state index contributed by atoms with van der Waals surface area (Å²) in [7, 11) is 0. The number of carbonyl (C=O) groups is 2. The van der Waals surface area contributed by atoms with Gasteiger partial charge in [-0.2, -0.15) is 0 Å². The first kappa shape index (κ1) is 19.8. The molecule has 2 aliphatic rings. The molecule has 0 spiro atoms. The highest BCUT2D eigenvalue weighted by Gasteiger charge is 2.51. The largest absolute Gasteiger partial charge is 0.632 e. The zero-order chi connectivity index (χ0) is 19.0. The Morgan fingerprint density at radius 1 is 1.44 bits per heavy atom. The van der Waals surface area contributed by atoms with Gasteiger partial charge in [0.2, 0.25) is 0 Å². The molecule has 2 rings (SSSR count). The standard InChI is InChI=1S/C17H27NO7/c1-10(2)17(22,11(3)19)16(21)24-9-13-5-7-18(23)8-6-14(15(13)18)25-12(4)20/h5,10-11,14-15,19,22H,6-9H2,1-4H3/t11-,14-,15-,17?,18?/m1/s1. The second kappa shape index (κ2) is 7.03. The zero-order valence-corrected chi connectivity index (χ0v) is 15.1. The van der Waals surface area contributed by atoms with Gasteiger partial charge in [0.15, 0.2) is 17.7 Å². The van der Waals surface area contributed by atoms with Gasteiger partial charge in [-0.3, -0.25) is 4.79 Å². The fourth-order valence-corrected chi connectivity index (χ4v) is 3.72. The van der Waals surface area contributed by atoms with E-state index in [-0.39, 0.29) is 13.2 Å². The first-order valence-electron chi connectivity index (χ1n) is 8.54. The van der Waals surface area contributed by atoms with Crippen LogP contribution >= 0.6 is 0 Å². The number of aliphatic hydroxyl groups is 2. The first-order chi connectivity index (χ1) is 11.5. The number of hydroxylamine groups is 3. The number of carbonyl (C=O) groups excluding carboxylic acids is 2. The molecule has 0 saturated carbocycles. The summed E-state index contributed by atoms with van der Waals surface area (Å²) in [4.78, 5) is 23.6. The van der Waals surface area contributed by atoms with E-state index < -0.39 is 46.4 Å². The van der Waals surface area contributed by atoms with Crippen molar-refractivity contribution in [3.05, 3.63) is 16.9 Å². The molecule has 0 aromatic heterocycles. The number of esters is 2. The van der Waals surface area contributed by atoms with Crippen LogP contribution in [-0.2, 0) is 19.1 Å². The van der Waals surface area contributed by atoms with Crippen molar-refractivity contribution in [1.29, 1.82) is 0 Å². The molecule has 0 aromatic carbocycles. The van der Waals surface area contributed by atoms with Crippen LogP contribution in [0.5, 0.6) is 0 Å². The fraction of sp³-hybridized carbons (Fsp3) is 0.765. The lowest BCUT2D eigenvalue weighted by Crippen LogP contribution is -2.53. The highest BCUT2D eigenvalue weighted by molar-refractivity contribution is 5.80. The van der Waals surface area contributed by atoms with Crippen molar-refractivity contribution in [1.82, 2.24) is 0 Å². The second-order valence-corrected chi connectivity index (χ2v) is 7.25. The maximum Gasteiger partial charge on any atom is 0.341 e. The van der Waals surface area contributed by atoms with E-state index in [1.807, 2.05) is 0 Å². The number of quaternary nitrogens is 1. The summed E-state index contributed by atoms with van der Waals surface area (Å²) in [5, 5.41) is 33.0. The summed E-state index contributed by atoms with van der Waals surface area (Å²) in [5.74, 6) is -1.94. The Labute approximate surface area is 147 Å². The van der Waals surface area contributed by atoms with Crippen molar-refractivity contribution in [3.8, 4) is 0 Å². The minimum atomic E-state index is -2.02. The number of rotatable bonds is 6. The molecule has 1 fully saturated rings. The molecule has 0 bridgehead atoms. The Morgan fingerprint density at radius 3 is 2.60 bits per heavy atom. The van der Waals surface area contributed by atoms with Crippen molar-refractivity contribution in [2.45, 2.75) is 58.0 Å². The highest BCUT2D eigenvalue weighted by atomic mass is 16.6. The van der Waals surface area contributed by atoms with Gasteiger partial charge in [0, 0.05) is 18.9 Å². The molecule has 1 saturated heterocycles. The van der Waals surface area contributed by atoms with Crippen LogP contribution in [-0.4, -0.2) is 70.3 Å². The van der Waals surface area contributed by atoms with Gasteiger partial charge in [0.1, 0.15) is 6.61 Å². The second-order valence-electron chi connectivity index (χ2n) is 7.25. The molecule has 8 heteroatoms. The van der Waals surface area contributed by atoms with E-state index in [9.17, 15) is 25.0 Å². The molecule has 2 heterocycles. The summed E-state index contributed by atoms with van der Waals surface area (Å²) >= 11 is 0. The molecule has 142 valence electrons. The molecule has 0 aliphatic carbocycles. The van der Waals surface area contributed by atoms with E-state index in [0.29, 0.717) is 18.5 Å². The molecular formula is C17H27NO7. The van der Waals surface area contributed by atoms with Gasteiger partial charge in [0.25, 0.3) is 0 Å². The number of nitrogens with zero attached hydrogens (tertiary/aromatic N) is 1. The Hall–Kier alpha value is -1.48. The van der Waals surface area contributed by atoms with E-state index in [1.165, 1.54) is 13.8 Å². The number of ether oxygens (including phenoxy) is 2. The van der Waals surface area contributed by atoms with E-state index >= 15 is 0 Å². The summed E-state index contributed by atoms with van der Waals surface area (Å²) in [6.07, 6.45) is 0.329. The van der Waals surface area contributed by atoms with E-state index in [4.69, 9.17) is 9.47 Å². The summed E-state index contributed by atoms with van der Waals surface area (Å²) in [6.45, 7) is 6.22. The summed E-state index contributed by atoms with van der Waals surface area (Å²) < 4.78 is 9.94. The smallest absolute Gasteiger partial charge is 0.341 e. The third-order valence-electron chi connectivity index (χ3n) is 5.23. The number of aliphatic hydroxyl groups excluding tert-OH is 1. The predicted octanol–water partition coefficient (Wildman–Crippen LogP) is 0.256. The van der Waals surface area contributed by atoms with Crippen LogP contribution in [0, 0.1) is 11.1 Å². The van der Waals surface area contributed by atoms with Crippen LogP contribution in [0.3, 0.4) is 0 Å². The molecular weight excluding hydrogens is 330 g/mol. The molecule has 8 nitrogen and oxygen atoms in total. The van der Waals surface area contributed by atoms with Gasteiger partial charge < -0.3 is 29.5 Å². The molecule has 0 radical (unpaired) electrons. The lowest BCUT2D eigenvalue weighted by Gasteiger charge is -2.40. The summed E-state index contributed by atoms with van der Waals surface area (Å²) in [6, 6.07) is -0.588. The quantitative estimate of drug-likeness (QED) is 0.303. The molecule has 0 amide bonds. The van der Waals surface area contributed by atoms with Gasteiger partial charge in [-0.1, -0.05) is 13.8 Å². The lowest BCUT2D eigenvalue weighted by atomic mass is 9.85. The van der Waals surface area contributed by atoms with E-state index in [0.717, 1.165) is 0 Å². The molecule has 2 unspecified atom stereocenters. The Bertz CT molecular complexity index is 563. The molecule has 25 heavy (non-hydrogen) atoms. The zero-order valence-electron chi connectivity index (χ0n) is 15.1. The van der Waals surface area contributed by atoms with Crippen molar-refractivity contribution < 1.29 is 33.9 Å². The predicted molar refractivity (Wildman–Crippen MR) is 87.8 cm³/mol. The van der Waals surface area contributed by atoms with Crippen LogP contribution in [0.15, 0.2) is 11.6 Å². The maximum absolute atomic E-state index is 12.8. The topological polar surface area (TPSA) is 116 Å². The first-order valence-corrected chi connectivity index (χ1v) is 8.54. The minimum Gasteiger partial charge on any atom is -0.632 e. The number of hydrogen-bond acceptors (Lipinski definition) is 7. The fourth-order valence-electron chi connectivity index (χ4n) is 3.72. The average Bonchev–Trinajstić information content (AvgIpc) is 2.99. The molecule has 5 atom stereocenters. The Morgan fingerprint density at radius 2 is 2.08 bits per heavy atom. The van der Waals surface area contributed by atoms with Gasteiger partial charge in [-0.05, 0) is 18.9 Å². The van der Waals surface area contributed by atoms with Gasteiger partial charge in [-0.15, -0.1) is 0 Å². The normalized spacial score (nSPS) is 31.9. The average molecular weight is 357 g/mol. The summed E-state index contributed by atoms with van der Waals surface area (Å²) in [5.41, 5.74) is -1.43. The number of fused-ring (bicyclic) bond motifs is 1. The van der Waals surface area contributed by atoms with E-state index in [1.54, 1.807) is 19.9 Å². The Kier molecular flexibility index (Phi) is 5.58. The van der Waals surface area contributed by atoms with Gasteiger partial charge in [-0.25, -0.2) is 4.79 Å². The van der Waals surface area contributed by atoms with Gasteiger partial charge >= 0.3 is 11.9 Å². The Balaban J connectivity index is 2.08. The lowest BCUT2D eigenvalue weighted by molar-refractivity contribution is -0.877. The highest BCUT2D eigenvalue weighted by Crippen LogP contribution is 2.38. The van der Waals surface area contributed by atoms with Crippen molar-refractivity contribution in [2.24, 2.45) is 5.92 Å². The van der Waals surface area contributed by atoms with Crippen LogP contribution in [0.4, 0.5) is 0 Å². The SMILES string of the molecule is CC(=O)O[C@@H]1CC[N+]2([O-])CC=C(COC(=O)C(O)(C(C)C)[C@@H](C)O)[C@H]12. The maximum atomic E-state index is 12.8. The van der Waals surface area contributed by atoms with Crippen LogP contribution in [0.1, 0.15) is 34.1 Å². The van der Waals surface area contributed by atoms with Crippen LogP contribution < -0.4 is 0 Å². The van der Waals surface area contributed by atoms with Crippen molar-refractivity contribution >= 4 is 11.9 Å². The third-order valence-corrected chi connectivity index (χ3v) is 5.23. The van der Waals surface area contributed by atoms with Crippen molar-refractivity contribution in [3.63, 3.8) is 0 Å². The molecule has 0 aromatic rings.